The molecule has 0 spiro atoms. The summed E-state index contributed by atoms with van der Waals surface area (Å²) in [6.45, 7) is 2.63. The molecule has 2 aromatic carbocycles. The lowest BCUT2D eigenvalue weighted by Gasteiger charge is -2.16. The maximum absolute atomic E-state index is 5.92. The summed E-state index contributed by atoms with van der Waals surface area (Å²) in [4.78, 5) is 4.51. The molecular weight excluding hydrogens is 322 g/mol. The molecule has 24 heavy (non-hydrogen) atoms. The highest BCUT2D eigenvalue weighted by Gasteiger charge is 2.10. The summed E-state index contributed by atoms with van der Waals surface area (Å²) in [6.07, 6.45) is -0.0367. The first-order valence-corrected chi connectivity index (χ1v) is 8.46. The molecule has 1 atom stereocenters. The number of anilines is 1. The maximum Gasteiger partial charge on any atom is 0.203 e. The topological polar surface area (TPSA) is 56.3 Å². The molecule has 0 bridgehead atoms. The lowest BCUT2D eigenvalue weighted by molar-refractivity contribution is 0.223. The molecule has 0 radical (unpaired) electrons. The van der Waals surface area contributed by atoms with Crippen molar-refractivity contribution in [1.82, 2.24) is 9.36 Å². The van der Waals surface area contributed by atoms with Gasteiger partial charge in [0, 0.05) is 17.1 Å². The summed E-state index contributed by atoms with van der Waals surface area (Å²) >= 11 is 1.35. The van der Waals surface area contributed by atoms with Gasteiger partial charge in [-0.25, -0.2) is 0 Å². The van der Waals surface area contributed by atoms with Gasteiger partial charge in [-0.1, -0.05) is 42.5 Å². The summed E-state index contributed by atoms with van der Waals surface area (Å²) in [5, 5.41) is 4.05. The molecule has 0 amide bonds. The van der Waals surface area contributed by atoms with Gasteiger partial charge >= 0.3 is 0 Å². The molecule has 3 rings (SSSR count). The average molecular weight is 341 g/mol. The highest BCUT2D eigenvalue weighted by Crippen LogP contribution is 2.27. The fraction of sp³-hybridized carbons (Fsp3) is 0.222. The lowest BCUT2D eigenvalue weighted by Crippen LogP contribution is -2.22. The Morgan fingerprint density at radius 3 is 2.50 bits per heavy atom. The van der Waals surface area contributed by atoms with E-state index in [9.17, 15) is 0 Å². The summed E-state index contributed by atoms with van der Waals surface area (Å²) in [6, 6.07) is 17.6. The highest BCUT2D eigenvalue weighted by atomic mass is 32.1. The van der Waals surface area contributed by atoms with Crippen molar-refractivity contribution in [3.05, 3.63) is 54.6 Å². The number of rotatable bonds is 7. The van der Waals surface area contributed by atoms with Crippen molar-refractivity contribution < 1.29 is 9.47 Å². The molecule has 0 saturated carbocycles. The Bertz CT molecular complexity index is 777. The summed E-state index contributed by atoms with van der Waals surface area (Å²) < 4.78 is 15.6. The standard InChI is InChI=1S/C18H19N3O2S/c1-13(23-16-11-7-6-10-15(16)22-2)12-19-18-20-17(21-24-18)14-8-4-3-5-9-14/h3-11,13H,12H2,1-2H3,(H,19,20,21). The highest BCUT2D eigenvalue weighted by molar-refractivity contribution is 7.09. The van der Waals surface area contributed by atoms with Gasteiger partial charge in [0.1, 0.15) is 6.10 Å². The quantitative estimate of drug-likeness (QED) is 0.701. The van der Waals surface area contributed by atoms with Crippen molar-refractivity contribution in [3.8, 4) is 22.9 Å². The molecule has 1 aromatic heterocycles. The zero-order valence-electron chi connectivity index (χ0n) is 13.6. The van der Waals surface area contributed by atoms with E-state index < -0.39 is 0 Å². The Morgan fingerprint density at radius 2 is 1.75 bits per heavy atom. The second-order valence-electron chi connectivity index (χ2n) is 5.25. The van der Waals surface area contributed by atoms with E-state index in [-0.39, 0.29) is 6.10 Å². The third-order valence-electron chi connectivity index (χ3n) is 3.40. The molecule has 1 unspecified atom stereocenters. The molecular formula is C18H19N3O2S. The minimum absolute atomic E-state index is 0.0367. The number of ether oxygens (including phenoxy) is 2. The molecule has 0 fully saturated rings. The Morgan fingerprint density at radius 1 is 1.04 bits per heavy atom. The van der Waals surface area contributed by atoms with Crippen LogP contribution in [-0.4, -0.2) is 29.1 Å². The van der Waals surface area contributed by atoms with E-state index in [4.69, 9.17) is 9.47 Å². The molecule has 5 nitrogen and oxygen atoms in total. The van der Waals surface area contributed by atoms with Crippen LogP contribution in [0.5, 0.6) is 11.5 Å². The minimum atomic E-state index is -0.0367. The average Bonchev–Trinajstić information content (AvgIpc) is 3.10. The van der Waals surface area contributed by atoms with Crippen LogP contribution in [0.25, 0.3) is 11.4 Å². The van der Waals surface area contributed by atoms with Crippen molar-refractivity contribution >= 4 is 16.7 Å². The van der Waals surface area contributed by atoms with Crippen molar-refractivity contribution in [2.24, 2.45) is 0 Å². The molecule has 1 N–H and O–H groups in total. The fourth-order valence-corrected chi connectivity index (χ4v) is 2.80. The maximum atomic E-state index is 5.92. The number of aromatic nitrogens is 2. The smallest absolute Gasteiger partial charge is 0.203 e. The van der Waals surface area contributed by atoms with Crippen LogP contribution in [0.1, 0.15) is 6.92 Å². The van der Waals surface area contributed by atoms with E-state index >= 15 is 0 Å². The fourth-order valence-electron chi connectivity index (χ4n) is 2.21. The number of methoxy groups -OCH3 is 1. The van der Waals surface area contributed by atoms with Crippen LogP contribution in [0.15, 0.2) is 54.6 Å². The molecule has 3 aromatic rings. The third-order valence-corrected chi connectivity index (χ3v) is 4.07. The Balaban J connectivity index is 1.57. The van der Waals surface area contributed by atoms with Crippen LogP contribution in [0, 0.1) is 0 Å². The molecule has 0 saturated heterocycles. The van der Waals surface area contributed by atoms with E-state index in [0.29, 0.717) is 6.54 Å². The molecule has 0 aliphatic rings. The van der Waals surface area contributed by atoms with E-state index in [1.807, 2.05) is 61.5 Å². The van der Waals surface area contributed by atoms with E-state index in [2.05, 4.69) is 14.7 Å². The first-order valence-electron chi connectivity index (χ1n) is 7.69. The third kappa shape index (κ3) is 4.02. The SMILES string of the molecule is COc1ccccc1OC(C)CNc1nc(-c2ccccc2)ns1. The first kappa shape index (κ1) is 16.3. The van der Waals surface area contributed by atoms with Crippen molar-refractivity contribution in [3.63, 3.8) is 0 Å². The van der Waals surface area contributed by atoms with E-state index in [1.54, 1.807) is 7.11 Å². The van der Waals surface area contributed by atoms with Gasteiger partial charge in [0.15, 0.2) is 17.3 Å². The monoisotopic (exact) mass is 341 g/mol. The van der Waals surface area contributed by atoms with Gasteiger partial charge < -0.3 is 14.8 Å². The number of hydrogen-bond acceptors (Lipinski definition) is 6. The lowest BCUT2D eigenvalue weighted by atomic mass is 10.2. The summed E-state index contributed by atoms with van der Waals surface area (Å²) in [5.41, 5.74) is 1.01. The van der Waals surface area contributed by atoms with Crippen LogP contribution >= 0.6 is 11.5 Å². The minimum Gasteiger partial charge on any atom is -0.493 e. The van der Waals surface area contributed by atoms with Crippen LogP contribution in [0.2, 0.25) is 0 Å². The predicted molar refractivity (Wildman–Crippen MR) is 96.9 cm³/mol. The second-order valence-corrected chi connectivity index (χ2v) is 6.00. The van der Waals surface area contributed by atoms with Crippen LogP contribution in [-0.2, 0) is 0 Å². The first-order chi connectivity index (χ1) is 11.8. The zero-order chi connectivity index (χ0) is 16.8. The molecule has 124 valence electrons. The number of para-hydroxylation sites is 2. The van der Waals surface area contributed by atoms with E-state index in [1.165, 1.54) is 11.5 Å². The van der Waals surface area contributed by atoms with Gasteiger partial charge in [-0.05, 0) is 19.1 Å². The largest absolute Gasteiger partial charge is 0.493 e. The Hall–Kier alpha value is -2.60. The van der Waals surface area contributed by atoms with Crippen LogP contribution in [0.3, 0.4) is 0 Å². The number of nitrogens with zero attached hydrogens (tertiary/aromatic N) is 2. The van der Waals surface area contributed by atoms with Gasteiger partial charge in [-0.15, -0.1) is 0 Å². The molecule has 1 heterocycles. The van der Waals surface area contributed by atoms with Crippen LogP contribution in [0.4, 0.5) is 5.13 Å². The van der Waals surface area contributed by atoms with Crippen LogP contribution < -0.4 is 14.8 Å². The Kier molecular flexibility index (Phi) is 5.28. The molecule has 0 aliphatic heterocycles. The number of hydrogen-bond donors (Lipinski definition) is 1. The Labute approximate surface area is 145 Å². The number of benzene rings is 2. The van der Waals surface area contributed by atoms with Gasteiger partial charge in [0.05, 0.1) is 13.7 Å². The molecule has 6 heteroatoms. The van der Waals surface area contributed by atoms with Crippen molar-refractivity contribution in [2.75, 3.05) is 19.0 Å². The van der Waals surface area contributed by atoms with Gasteiger partial charge in [0.25, 0.3) is 0 Å². The zero-order valence-corrected chi connectivity index (χ0v) is 14.4. The normalized spacial score (nSPS) is 11.8. The van der Waals surface area contributed by atoms with Gasteiger partial charge in [-0.2, -0.15) is 9.36 Å². The van der Waals surface area contributed by atoms with Crippen molar-refractivity contribution in [2.45, 2.75) is 13.0 Å². The van der Waals surface area contributed by atoms with Gasteiger partial charge in [-0.3, -0.25) is 0 Å². The van der Waals surface area contributed by atoms with E-state index in [0.717, 1.165) is 28.0 Å². The second kappa shape index (κ2) is 7.79. The van der Waals surface area contributed by atoms with Gasteiger partial charge in [0.2, 0.25) is 5.13 Å². The summed E-state index contributed by atoms with van der Waals surface area (Å²) in [7, 11) is 1.64. The molecule has 0 aliphatic carbocycles. The number of nitrogens with one attached hydrogen (secondary N) is 1. The predicted octanol–water partition coefficient (Wildman–Crippen LogP) is 4.09. The summed E-state index contributed by atoms with van der Waals surface area (Å²) in [5.74, 6) is 2.20. The van der Waals surface area contributed by atoms with Crippen molar-refractivity contribution in [1.29, 1.82) is 0 Å².